The number of carboxylic acids is 1. The molecule has 5 nitrogen and oxygen atoms in total. The van der Waals surface area contributed by atoms with Crippen molar-refractivity contribution in [1.29, 1.82) is 0 Å². The fourth-order valence-corrected chi connectivity index (χ4v) is 3.37. The highest BCUT2D eigenvalue weighted by Gasteiger charge is 2.40. The highest BCUT2D eigenvalue weighted by atomic mass is 35.5. The molecule has 1 N–H and O–H groups in total. The SMILES string of the molecule is CC1CCN(C(=O)C2Cc3cc(Cl)ccc3O2)C(C(=O)O)C1. The average molecular weight is 324 g/mol. The summed E-state index contributed by atoms with van der Waals surface area (Å²) in [6.07, 6.45) is 1.10. The maximum absolute atomic E-state index is 12.7. The lowest BCUT2D eigenvalue weighted by molar-refractivity contribution is -0.156. The summed E-state index contributed by atoms with van der Waals surface area (Å²) in [5.74, 6) is -0.226. The maximum atomic E-state index is 12.7. The van der Waals surface area contributed by atoms with Gasteiger partial charge in [0, 0.05) is 18.0 Å². The van der Waals surface area contributed by atoms with Gasteiger partial charge in [0.25, 0.3) is 5.91 Å². The quantitative estimate of drug-likeness (QED) is 0.907. The van der Waals surface area contributed by atoms with Crippen LogP contribution in [0.1, 0.15) is 25.3 Å². The van der Waals surface area contributed by atoms with Gasteiger partial charge in [-0.3, -0.25) is 4.79 Å². The highest BCUT2D eigenvalue weighted by molar-refractivity contribution is 6.30. The molecule has 6 heteroatoms. The molecule has 2 aliphatic rings. The number of carbonyl (C=O) groups is 2. The van der Waals surface area contributed by atoms with Crippen LogP contribution in [-0.4, -0.2) is 40.6 Å². The zero-order valence-corrected chi connectivity index (χ0v) is 13.0. The van der Waals surface area contributed by atoms with Gasteiger partial charge >= 0.3 is 5.97 Å². The molecule has 0 aromatic heterocycles. The lowest BCUT2D eigenvalue weighted by atomic mass is 9.92. The van der Waals surface area contributed by atoms with Crippen molar-refractivity contribution in [1.82, 2.24) is 4.90 Å². The van der Waals surface area contributed by atoms with Gasteiger partial charge < -0.3 is 14.7 Å². The number of benzene rings is 1. The van der Waals surface area contributed by atoms with Gasteiger partial charge in [0.15, 0.2) is 6.10 Å². The first-order valence-corrected chi connectivity index (χ1v) is 7.82. The highest BCUT2D eigenvalue weighted by Crippen LogP contribution is 2.33. The number of ether oxygens (including phenoxy) is 1. The molecule has 22 heavy (non-hydrogen) atoms. The van der Waals surface area contributed by atoms with Crippen LogP contribution in [0.25, 0.3) is 0 Å². The second kappa shape index (κ2) is 5.80. The molecule has 1 aromatic rings. The van der Waals surface area contributed by atoms with Crippen LogP contribution in [-0.2, 0) is 16.0 Å². The third kappa shape index (κ3) is 2.77. The Kier molecular flexibility index (Phi) is 4.00. The fourth-order valence-electron chi connectivity index (χ4n) is 3.18. The Balaban J connectivity index is 1.76. The van der Waals surface area contributed by atoms with E-state index in [1.165, 1.54) is 4.90 Å². The summed E-state index contributed by atoms with van der Waals surface area (Å²) in [6, 6.07) is 4.50. The van der Waals surface area contributed by atoms with E-state index in [0.29, 0.717) is 36.1 Å². The number of hydrogen-bond donors (Lipinski definition) is 1. The summed E-state index contributed by atoms with van der Waals surface area (Å²) < 4.78 is 5.69. The number of carbonyl (C=O) groups excluding carboxylic acids is 1. The van der Waals surface area contributed by atoms with Crippen molar-refractivity contribution in [2.75, 3.05) is 6.54 Å². The number of aliphatic carboxylic acids is 1. The molecule has 1 amide bonds. The summed E-state index contributed by atoms with van der Waals surface area (Å²) in [5, 5.41) is 9.98. The molecule has 0 saturated carbocycles. The number of nitrogens with zero attached hydrogens (tertiary/aromatic N) is 1. The Morgan fingerprint density at radius 3 is 2.91 bits per heavy atom. The smallest absolute Gasteiger partial charge is 0.326 e. The molecular formula is C16H18ClNO4. The lowest BCUT2D eigenvalue weighted by Gasteiger charge is -2.37. The Hall–Kier alpha value is -1.75. The monoisotopic (exact) mass is 323 g/mol. The molecule has 0 bridgehead atoms. The predicted octanol–water partition coefficient (Wildman–Crippen LogP) is 2.36. The van der Waals surface area contributed by atoms with Crippen molar-refractivity contribution in [3.63, 3.8) is 0 Å². The molecule has 3 rings (SSSR count). The van der Waals surface area contributed by atoms with Crippen LogP contribution in [0.5, 0.6) is 5.75 Å². The van der Waals surface area contributed by atoms with E-state index in [1.807, 2.05) is 6.92 Å². The molecule has 1 saturated heterocycles. The average Bonchev–Trinajstić information content (AvgIpc) is 2.89. The van der Waals surface area contributed by atoms with Crippen LogP contribution in [0, 0.1) is 5.92 Å². The zero-order valence-electron chi connectivity index (χ0n) is 12.3. The molecule has 0 aliphatic carbocycles. The first-order chi connectivity index (χ1) is 10.5. The third-order valence-electron chi connectivity index (χ3n) is 4.41. The first kappa shape index (κ1) is 15.2. The van der Waals surface area contributed by atoms with Crippen LogP contribution in [0.2, 0.25) is 5.02 Å². The summed E-state index contributed by atoms with van der Waals surface area (Å²) in [5.41, 5.74) is 0.892. The van der Waals surface area contributed by atoms with Crippen LogP contribution in [0.15, 0.2) is 18.2 Å². The van der Waals surface area contributed by atoms with E-state index >= 15 is 0 Å². The number of piperidine rings is 1. The largest absolute Gasteiger partial charge is 0.480 e. The zero-order chi connectivity index (χ0) is 15.9. The summed E-state index contributed by atoms with van der Waals surface area (Å²) >= 11 is 5.95. The van der Waals surface area contributed by atoms with E-state index in [1.54, 1.807) is 18.2 Å². The minimum absolute atomic E-state index is 0.244. The van der Waals surface area contributed by atoms with Gasteiger partial charge in [-0.25, -0.2) is 4.79 Å². The Labute approximate surface area is 133 Å². The molecule has 0 radical (unpaired) electrons. The fraction of sp³-hybridized carbons (Fsp3) is 0.500. The van der Waals surface area contributed by atoms with Crippen LogP contribution in [0.3, 0.4) is 0 Å². The Morgan fingerprint density at radius 1 is 1.41 bits per heavy atom. The maximum Gasteiger partial charge on any atom is 0.326 e. The van der Waals surface area contributed by atoms with E-state index in [4.69, 9.17) is 16.3 Å². The van der Waals surface area contributed by atoms with E-state index in [0.717, 1.165) is 12.0 Å². The predicted molar refractivity (Wildman–Crippen MR) is 81.1 cm³/mol. The topological polar surface area (TPSA) is 66.8 Å². The standard InChI is InChI=1S/C16H18ClNO4/c1-9-4-5-18(12(6-9)16(20)21)15(19)14-8-10-7-11(17)2-3-13(10)22-14/h2-3,7,9,12,14H,4-6,8H2,1H3,(H,20,21). The molecule has 1 aromatic carbocycles. The molecule has 118 valence electrons. The van der Waals surface area contributed by atoms with E-state index in [9.17, 15) is 14.7 Å². The van der Waals surface area contributed by atoms with Crippen molar-refractivity contribution in [3.05, 3.63) is 28.8 Å². The molecule has 3 unspecified atom stereocenters. The van der Waals surface area contributed by atoms with Gasteiger partial charge in [0.1, 0.15) is 11.8 Å². The van der Waals surface area contributed by atoms with Gasteiger partial charge in [-0.15, -0.1) is 0 Å². The van der Waals surface area contributed by atoms with Gasteiger partial charge in [0.05, 0.1) is 0 Å². The Bertz CT molecular complexity index is 618. The molecule has 2 heterocycles. The number of amides is 1. The number of halogens is 1. The van der Waals surface area contributed by atoms with Crippen molar-refractivity contribution in [2.45, 2.75) is 38.3 Å². The van der Waals surface area contributed by atoms with Crippen molar-refractivity contribution < 1.29 is 19.4 Å². The van der Waals surface area contributed by atoms with Crippen LogP contribution in [0.4, 0.5) is 0 Å². The lowest BCUT2D eigenvalue weighted by Crippen LogP contribution is -2.53. The summed E-state index contributed by atoms with van der Waals surface area (Å²) in [4.78, 5) is 25.6. The molecule has 2 aliphatic heterocycles. The van der Waals surface area contributed by atoms with E-state index < -0.39 is 18.1 Å². The minimum atomic E-state index is -0.946. The van der Waals surface area contributed by atoms with Crippen LogP contribution >= 0.6 is 11.6 Å². The van der Waals surface area contributed by atoms with Gasteiger partial charge in [-0.05, 0) is 42.5 Å². The number of fused-ring (bicyclic) bond motifs is 1. The number of rotatable bonds is 2. The normalized spacial score (nSPS) is 27.2. The first-order valence-electron chi connectivity index (χ1n) is 7.44. The second-order valence-electron chi connectivity index (χ2n) is 6.08. The number of carboxylic acid groups (broad SMARTS) is 1. The molecule has 1 fully saturated rings. The molecular weight excluding hydrogens is 306 g/mol. The minimum Gasteiger partial charge on any atom is -0.480 e. The van der Waals surface area contributed by atoms with Crippen molar-refractivity contribution in [3.8, 4) is 5.75 Å². The summed E-state index contributed by atoms with van der Waals surface area (Å²) in [7, 11) is 0. The second-order valence-corrected chi connectivity index (χ2v) is 6.51. The third-order valence-corrected chi connectivity index (χ3v) is 4.64. The van der Waals surface area contributed by atoms with Gasteiger partial charge in [0.2, 0.25) is 0 Å². The van der Waals surface area contributed by atoms with Gasteiger partial charge in [-0.1, -0.05) is 18.5 Å². The Morgan fingerprint density at radius 2 is 2.18 bits per heavy atom. The molecule has 0 spiro atoms. The summed E-state index contributed by atoms with van der Waals surface area (Å²) in [6.45, 7) is 2.48. The van der Waals surface area contributed by atoms with Crippen molar-refractivity contribution in [2.24, 2.45) is 5.92 Å². The van der Waals surface area contributed by atoms with E-state index in [2.05, 4.69) is 0 Å². The van der Waals surface area contributed by atoms with Crippen LogP contribution < -0.4 is 4.74 Å². The van der Waals surface area contributed by atoms with Crippen molar-refractivity contribution >= 4 is 23.5 Å². The van der Waals surface area contributed by atoms with Gasteiger partial charge in [-0.2, -0.15) is 0 Å². The van der Waals surface area contributed by atoms with E-state index in [-0.39, 0.29) is 5.91 Å². The number of likely N-dealkylation sites (tertiary alicyclic amines) is 1. The molecule has 3 atom stereocenters. The number of hydrogen-bond acceptors (Lipinski definition) is 3.